The van der Waals surface area contributed by atoms with Gasteiger partial charge in [-0.1, -0.05) is 30.3 Å². The number of thiophene rings is 1. The maximum absolute atomic E-state index is 4.32. The zero-order valence-corrected chi connectivity index (χ0v) is 11.7. The van der Waals surface area contributed by atoms with Gasteiger partial charge < -0.3 is 5.32 Å². The highest BCUT2D eigenvalue weighted by atomic mass is 32.1. The minimum Gasteiger partial charge on any atom is -0.305 e. The number of hydrogen-bond donors (Lipinski definition) is 1. The van der Waals surface area contributed by atoms with E-state index < -0.39 is 0 Å². The van der Waals surface area contributed by atoms with Gasteiger partial charge in [-0.15, -0.1) is 11.3 Å². The molecule has 3 heteroatoms. The first-order valence-corrected chi connectivity index (χ1v) is 7.31. The zero-order valence-electron chi connectivity index (χ0n) is 10.8. The van der Waals surface area contributed by atoms with Gasteiger partial charge in [-0.2, -0.15) is 0 Å². The maximum Gasteiger partial charge on any atom is 0.0388 e. The second kappa shape index (κ2) is 5.51. The standard InChI is InChI=1S/C16H16N2S/c1-12(16-7-4-8-19-16)18-11-14-10-17-9-13-5-2-3-6-15(13)14/h2-10,12,18H,11H2,1H3. The number of aromatic nitrogens is 1. The summed E-state index contributed by atoms with van der Waals surface area (Å²) in [6.45, 7) is 3.04. The van der Waals surface area contributed by atoms with Crippen LogP contribution in [0.15, 0.2) is 54.2 Å². The van der Waals surface area contributed by atoms with Crippen molar-refractivity contribution in [2.45, 2.75) is 19.5 Å². The molecule has 0 aliphatic carbocycles. The lowest BCUT2D eigenvalue weighted by Gasteiger charge is -2.13. The largest absolute Gasteiger partial charge is 0.305 e. The van der Waals surface area contributed by atoms with Gasteiger partial charge in [0, 0.05) is 35.2 Å². The van der Waals surface area contributed by atoms with E-state index in [1.54, 1.807) is 11.3 Å². The van der Waals surface area contributed by atoms with Gasteiger partial charge in [-0.05, 0) is 29.3 Å². The Morgan fingerprint density at radius 1 is 1.16 bits per heavy atom. The van der Waals surface area contributed by atoms with Crippen LogP contribution in [0, 0.1) is 0 Å². The molecule has 0 saturated carbocycles. The molecule has 3 aromatic rings. The van der Waals surface area contributed by atoms with Gasteiger partial charge in [0.05, 0.1) is 0 Å². The summed E-state index contributed by atoms with van der Waals surface area (Å²) in [7, 11) is 0. The minimum absolute atomic E-state index is 0.374. The van der Waals surface area contributed by atoms with Crippen LogP contribution in [-0.4, -0.2) is 4.98 Å². The van der Waals surface area contributed by atoms with E-state index in [1.807, 2.05) is 12.4 Å². The Hall–Kier alpha value is -1.71. The molecule has 1 atom stereocenters. The number of pyridine rings is 1. The second-order valence-corrected chi connectivity index (χ2v) is 5.62. The summed E-state index contributed by atoms with van der Waals surface area (Å²) in [6.07, 6.45) is 3.87. The molecule has 0 aliphatic heterocycles. The first-order valence-electron chi connectivity index (χ1n) is 6.43. The van der Waals surface area contributed by atoms with E-state index in [1.165, 1.54) is 21.2 Å². The molecule has 0 aliphatic rings. The molecule has 0 bridgehead atoms. The number of rotatable bonds is 4. The number of benzene rings is 1. The minimum atomic E-state index is 0.374. The second-order valence-electron chi connectivity index (χ2n) is 4.64. The maximum atomic E-state index is 4.32. The SMILES string of the molecule is CC(NCc1cncc2ccccc12)c1cccs1. The van der Waals surface area contributed by atoms with Crippen LogP contribution in [0.2, 0.25) is 0 Å². The molecule has 2 heterocycles. The average Bonchev–Trinajstić information content (AvgIpc) is 2.99. The van der Waals surface area contributed by atoms with Crippen molar-refractivity contribution in [3.8, 4) is 0 Å². The first kappa shape index (κ1) is 12.3. The van der Waals surface area contributed by atoms with Crippen LogP contribution in [0.25, 0.3) is 10.8 Å². The Balaban J connectivity index is 1.79. The first-order chi connectivity index (χ1) is 9.34. The van der Waals surface area contributed by atoms with Crippen molar-refractivity contribution in [2.75, 3.05) is 0 Å². The summed E-state index contributed by atoms with van der Waals surface area (Å²) < 4.78 is 0. The van der Waals surface area contributed by atoms with E-state index in [4.69, 9.17) is 0 Å². The Bertz CT molecular complexity index is 656. The Labute approximate surface area is 117 Å². The van der Waals surface area contributed by atoms with E-state index in [2.05, 4.69) is 59.0 Å². The van der Waals surface area contributed by atoms with Crippen molar-refractivity contribution in [3.63, 3.8) is 0 Å². The molecule has 96 valence electrons. The quantitative estimate of drug-likeness (QED) is 0.769. The molecule has 1 unspecified atom stereocenters. The predicted molar refractivity (Wildman–Crippen MR) is 81.3 cm³/mol. The number of fused-ring (bicyclic) bond motifs is 1. The summed E-state index contributed by atoms with van der Waals surface area (Å²) >= 11 is 1.79. The molecule has 3 rings (SSSR count). The van der Waals surface area contributed by atoms with Crippen LogP contribution >= 0.6 is 11.3 Å². The van der Waals surface area contributed by atoms with Gasteiger partial charge in [-0.25, -0.2) is 0 Å². The Morgan fingerprint density at radius 3 is 2.89 bits per heavy atom. The van der Waals surface area contributed by atoms with E-state index in [0.29, 0.717) is 6.04 Å². The third-order valence-corrected chi connectivity index (χ3v) is 4.37. The molecule has 1 N–H and O–H groups in total. The molecular formula is C16H16N2S. The van der Waals surface area contributed by atoms with Crippen LogP contribution in [-0.2, 0) is 6.54 Å². The highest BCUT2D eigenvalue weighted by molar-refractivity contribution is 7.10. The van der Waals surface area contributed by atoms with Gasteiger partial charge in [0.15, 0.2) is 0 Å². The smallest absolute Gasteiger partial charge is 0.0388 e. The lowest BCUT2D eigenvalue weighted by atomic mass is 10.1. The Morgan fingerprint density at radius 2 is 2.05 bits per heavy atom. The fraction of sp³-hybridized carbons (Fsp3) is 0.188. The lowest BCUT2D eigenvalue weighted by Crippen LogP contribution is -2.17. The summed E-state index contributed by atoms with van der Waals surface area (Å²) in [5.74, 6) is 0. The summed E-state index contributed by atoms with van der Waals surface area (Å²) in [5, 5.41) is 8.16. The fourth-order valence-corrected chi connectivity index (χ4v) is 2.98. The van der Waals surface area contributed by atoms with E-state index in [0.717, 1.165) is 6.54 Å². The van der Waals surface area contributed by atoms with Crippen LogP contribution in [0.1, 0.15) is 23.4 Å². The number of nitrogens with zero attached hydrogens (tertiary/aromatic N) is 1. The van der Waals surface area contributed by atoms with E-state index in [-0.39, 0.29) is 0 Å². The van der Waals surface area contributed by atoms with Crippen LogP contribution in [0.3, 0.4) is 0 Å². The monoisotopic (exact) mass is 268 g/mol. The molecule has 0 radical (unpaired) electrons. The van der Waals surface area contributed by atoms with E-state index >= 15 is 0 Å². The molecular weight excluding hydrogens is 252 g/mol. The fourth-order valence-electron chi connectivity index (χ4n) is 2.22. The van der Waals surface area contributed by atoms with Crippen molar-refractivity contribution in [2.24, 2.45) is 0 Å². The molecule has 0 saturated heterocycles. The van der Waals surface area contributed by atoms with Crippen LogP contribution < -0.4 is 5.32 Å². The summed E-state index contributed by atoms with van der Waals surface area (Å²) in [6, 6.07) is 13.0. The molecule has 0 fully saturated rings. The van der Waals surface area contributed by atoms with Gasteiger partial charge in [0.2, 0.25) is 0 Å². The van der Waals surface area contributed by atoms with Gasteiger partial charge in [-0.3, -0.25) is 4.98 Å². The Kier molecular flexibility index (Phi) is 3.58. The van der Waals surface area contributed by atoms with Gasteiger partial charge in [0.25, 0.3) is 0 Å². The molecule has 2 nitrogen and oxygen atoms in total. The van der Waals surface area contributed by atoms with Gasteiger partial charge in [0.1, 0.15) is 0 Å². The predicted octanol–water partition coefficient (Wildman–Crippen LogP) is 4.15. The third-order valence-electron chi connectivity index (χ3n) is 3.32. The third kappa shape index (κ3) is 2.67. The summed E-state index contributed by atoms with van der Waals surface area (Å²) in [5.41, 5.74) is 1.25. The normalized spacial score (nSPS) is 12.7. The molecule has 2 aromatic heterocycles. The molecule has 0 spiro atoms. The van der Waals surface area contributed by atoms with Crippen LogP contribution in [0.5, 0.6) is 0 Å². The highest BCUT2D eigenvalue weighted by Gasteiger charge is 2.07. The molecule has 0 amide bonds. The van der Waals surface area contributed by atoms with Crippen molar-refractivity contribution >= 4 is 22.1 Å². The topological polar surface area (TPSA) is 24.9 Å². The molecule has 19 heavy (non-hydrogen) atoms. The van der Waals surface area contributed by atoms with E-state index in [9.17, 15) is 0 Å². The lowest BCUT2D eigenvalue weighted by molar-refractivity contribution is 0.584. The molecule has 1 aromatic carbocycles. The van der Waals surface area contributed by atoms with Crippen molar-refractivity contribution in [1.82, 2.24) is 10.3 Å². The zero-order chi connectivity index (χ0) is 13.1. The number of hydrogen-bond acceptors (Lipinski definition) is 3. The van der Waals surface area contributed by atoms with Crippen molar-refractivity contribution < 1.29 is 0 Å². The van der Waals surface area contributed by atoms with Crippen molar-refractivity contribution in [3.05, 3.63) is 64.6 Å². The van der Waals surface area contributed by atoms with Crippen molar-refractivity contribution in [1.29, 1.82) is 0 Å². The number of nitrogens with one attached hydrogen (secondary N) is 1. The van der Waals surface area contributed by atoms with Crippen LogP contribution in [0.4, 0.5) is 0 Å². The average molecular weight is 268 g/mol. The summed E-state index contributed by atoms with van der Waals surface area (Å²) in [4.78, 5) is 5.68. The highest BCUT2D eigenvalue weighted by Crippen LogP contribution is 2.21. The van der Waals surface area contributed by atoms with Gasteiger partial charge >= 0.3 is 0 Å².